The van der Waals surface area contributed by atoms with Gasteiger partial charge in [0.15, 0.2) is 5.78 Å². The van der Waals surface area contributed by atoms with Crippen molar-refractivity contribution in [3.63, 3.8) is 0 Å². The van der Waals surface area contributed by atoms with E-state index >= 15 is 0 Å². The highest BCUT2D eigenvalue weighted by Crippen LogP contribution is 2.24. The zero-order valence-electron chi connectivity index (χ0n) is 10.1. The number of ketones is 1. The number of hydrogen-bond donors (Lipinski definition) is 1. The summed E-state index contributed by atoms with van der Waals surface area (Å²) in [7, 11) is 0. The van der Waals surface area contributed by atoms with Crippen LogP contribution in [-0.2, 0) is 0 Å². The normalized spacial score (nSPS) is 19.6. The molecule has 1 unspecified atom stereocenters. The molecule has 1 saturated heterocycles. The third kappa shape index (κ3) is 2.82. The Balaban J connectivity index is 2.01. The molecule has 2 heterocycles. The maximum absolute atomic E-state index is 11.1. The van der Waals surface area contributed by atoms with Gasteiger partial charge in [-0.05, 0) is 30.9 Å². The fourth-order valence-corrected chi connectivity index (χ4v) is 2.27. The number of pyridine rings is 1. The Labute approximate surface area is 101 Å². The quantitative estimate of drug-likeness (QED) is 0.802. The summed E-state index contributed by atoms with van der Waals surface area (Å²) in [6.45, 7) is 3.77. The Morgan fingerprint density at radius 1 is 1.59 bits per heavy atom. The number of carbonyl (C=O) groups is 1. The molecule has 4 nitrogen and oxygen atoms in total. The average Bonchev–Trinajstić information content (AvgIpc) is 2.78. The molecule has 1 aliphatic heterocycles. The third-order valence-electron chi connectivity index (χ3n) is 3.30. The molecule has 0 amide bonds. The number of Topliss-reactive ketones (excluding diaryl/α,β-unsaturated/α-hetero) is 1. The van der Waals surface area contributed by atoms with E-state index in [0.29, 0.717) is 11.6 Å². The molecule has 0 spiro atoms. The number of nitrogens with zero attached hydrogens (tertiary/aromatic N) is 2. The Bertz CT molecular complexity index is 389. The average molecular weight is 234 g/mol. The lowest BCUT2D eigenvalue weighted by atomic mass is 10.1. The lowest BCUT2D eigenvalue weighted by Gasteiger charge is -2.18. The number of carbonyl (C=O) groups excluding carboxylic acids is 1. The van der Waals surface area contributed by atoms with Gasteiger partial charge in [-0.25, -0.2) is 0 Å². The molecule has 0 aliphatic carbocycles. The van der Waals surface area contributed by atoms with E-state index in [2.05, 4.69) is 9.88 Å². The highest BCUT2D eigenvalue weighted by Gasteiger charge is 2.22. The van der Waals surface area contributed by atoms with Crippen LogP contribution in [0.15, 0.2) is 18.3 Å². The van der Waals surface area contributed by atoms with Crippen molar-refractivity contribution in [1.82, 2.24) is 4.98 Å². The van der Waals surface area contributed by atoms with Crippen molar-refractivity contribution >= 4 is 11.5 Å². The predicted molar refractivity (Wildman–Crippen MR) is 66.3 cm³/mol. The van der Waals surface area contributed by atoms with E-state index in [1.165, 1.54) is 6.92 Å². The van der Waals surface area contributed by atoms with Crippen LogP contribution in [0.3, 0.4) is 0 Å². The summed E-state index contributed by atoms with van der Waals surface area (Å²) in [5, 5.41) is 8.91. The summed E-state index contributed by atoms with van der Waals surface area (Å²) >= 11 is 0. The first-order valence-corrected chi connectivity index (χ1v) is 6.03. The first kappa shape index (κ1) is 12.0. The van der Waals surface area contributed by atoms with Gasteiger partial charge in [0.05, 0.1) is 11.9 Å². The zero-order chi connectivity index (χ0) is 12.3. The second-order valence-corrected chi connectivity index (χ2v) is 4.57. The van der Waals surface area contributed by atoms with Gasteiger partial charge in [-0.15, -0.1) is 0 Å². The van der Waals surface area contributed by atoms with Crippen molar-refractivity contribution in [2.24, 2.45) is 5.92 Å². The molecular formula is C13H18N2O2. The molecule has 0 radical (unpaired) electrons. The molecule has 0 saturated carbocycles. The molecule has 0 aromatic carbocycles. The van der Waals surface area contributed by atoms with Crippen LogP contribution in [0.5, 0.6) is 0 Å². The van der Waals surface area contributed by atoms with Gasteiger partial charge >= 0.3 is 0 Å². The number of aliphatic hydroxyl groups excluding tert-OH is 1. The minimum atomic E-state index is -0.00358. The molecule has 0 bridgehead atoms. The topological polar surface area (TPSA) is 53.4 Å². The highest BCUT2D eigenvalue weighted by molar-refractivity contribution is 5.92. The van der Waals surface area contributed by atoms with Crippen molar-refractivity contribution < 1.29 is 9.90 Å². The lowest BCUT2D eigenvalue weighted by molar-refractivity contribution is 0.101. The van der Waals surface area contributed by atoms with Crippen molar-refractivity contribution in [1.29, 1.82) is 0 Å². The smallest absolute Gasteiger partial charge is 0.178 e. The molecule has 1 atom stereocenters. The minimum absolute atomic E-state index is 0.00358. The summed E-state index contributed by atoms with van der Waals surface area (Å²) in [6, 6.07) is 3.72. The maximum atomic E-state index is 11.1. The van der Waals surface area contributed by atoms with E-state index in [1.54, 1.807) is 12.3 Å². The molecule has 92 valence electrons. The lowest BCUT2D eigenvalue weighted by Crippen LogP contribution is -2.20. The van der Waals surface area contributed by atoms with Crippen molar-refractivity contribution in [2.45, 2.75) is 19.8 Å². The number of aromatic nitrogens is 1. The monoisotopic (exact) mass is 234 g/mol. The molecule has 1 aliphatic rings. The van der Waals surface area contributed by atoms with Gasteiger partial charge in [-0.2, -0.15) is 0 Å². The molecule has 17 heavy (non-hydrogen) atoms. The number of rotatable bonds is 4. The predicted octanol–water partition coefficient (Wildman–Crippen LogP) is 1.49. The SMILES string of the molecule is CC(=O)c1ccc(N2CCC(CCO)C2)cn1. The van der Waals surface area contributed by atoms with Crippen molar-refractivity contribution in [3.05, 3.63) is 24.0 Å². The van der Waals surface area contributed by atoms with Crippen LogP contribution in [0.4, 0.5) is 5.69 Å². The standard InChI is InChI=1S/C13H18N2O2/c1-10(17)13-3-2-12(8-14-13)15-6-4-11(9-15)5-7-16/h2-3,8,11,16H,4-7,9H2,1H3. The molecule has 1 aromatic rings. The minimum Gasteiger partial charge on any atom is -0.396 e. The second kappa shape index (κ2) is 5.27. The van der Waals surface area contributed by atoms with Crippen LogP contribution in [0.2, 0.25) is 0 Å². The Kier molecular flexibility index (Phi) is 3.74. The molecule has 4 heteroatoms. The van der Waals surface area contributed by atoms with Crippen LogP contribution in [0, 0.1) is 5.92 Å². The first-order chi connectivity index (χ1) is 8.20. The van der Waals surface area contributed by atoms with E-state index in [4.69, 9.17) is 5.11 Å². The van der Waals surface area contributed by atoms with Gasteiger partial charge in [0.25, 0.3) is 0 Å². The molecular weight excluding hydrogens is 216 g/mol. The Hall–Kier alpha value is -1.42. The van der Waals surface area contributed by atoms with Gasteiger partial charge in [-0.3, -0.25) is 9.78 Å². The largest absolute Gasteiger partial charge is 0.396 e. The summed E-state index contributed by atoms with van der Waals surface area (Å²) in [5.41, 5.74) is 1.58. The fraction of sp³-hybridized carbons (Fsp3) is 0.538. The summed E-state index contributed by atoms with van der Waals surface area (Å²) in [4.78, 5) is 17.5. The van der Waals surface area contributed by atoms with Crippen LogP contribution >= 0.6 is 0 Å². The molecule has 2 rings (SSSR count). The highest BCUT2D eigenvalue weighted by atomic mass is 16.3. The van der Waals surface area contributed by atoms with Crippen molar-refractivity contribution in [3.8, 4) is 0 Å². The summed E-state index contributed by atoms with van der Waals surface area (Å²) < 4.78 is 0. The van der Waals surface area contributed by atoms with E-state index in [0.717, 1.165) is 31.6 Å². The van der Waals surface area contributed by atoms with E-state index in [-0.39, 0.29) is 12.4 Å². The van der Waals surface area contributed by atoms with Gasteiger partial charge in [0, 0.05) is 26.6 Å². The van der Waals surface area contributed by atoms with E-state index < -0.39 is 0 Å². The van der Waals surface area contributed by atoms with Crippen LogP contribution < -0.4 is 4.90 Å². The Morgan fingerprint density at radius 3 is 3.00 bits per heavy atom. The van der Waals surface area contributed by atoms with Gasteiger partial charge in [0.2, 0.25) is 0 Å². The van der Waals surface area contributed by atoms with Crippen LogP contribution in [0.25, 0.3) is 0 Å². The maximum Gasteiger partial charge on any atom is 0.178 e. The van der Waals surface area contributed by atoms with Gasteiger partial charge in [-0.1, -0.05) is 0 Å². The second-order valence-electron chi connectivity index (χ2n) is 4.57. The summed E-state index contributed by atoms with van der Waals surface area (Å²) in [5.74, 6) is 0.573. The fourth-order valence-electron chi connectivity index (χ4n) is 2.27. The van der Waals surface area contributed by atoms with Crippen LogP contribution in [-0.4, -0.2) is 35.6 Å². The summed E-state index contributed by atoms with van der Waals surface area (Å²) in [6.07, 6.45) is 3.75. The molecule has 1 fully saturated rings. The van der Waals surface area contributed by atoms with Crippen molar-refractivity contribution in [2.75, 3.05) is 24.6 Å². The van der Waals surface area contributed by atoms with Gasteiger partial charge in [0.1, 0.15) is 5.69 Å². The molecule has 1 aromatic heterocycles. The van der Waals surface area contributed by atoms with Gasteiger partial charge < -0.3 is 10.0 Å². The first-order valence-electron chi connectivity index (χ1n) is 6.03. The van der Waals surface area contributed by atoms with Crippen LogP contribution in [0.1, 0.15) is 30.3 Å². The van der Waals surface area contributed by atoms with E-state index in [9.17, 15) is 4.79 Å². The molecule has 1 N–H and O–H groups in total. The zero-order valence-corrected chi connectivity index (χ0v) is 10.1. The third-order valence-corrected chi connectivity index (χ3v) is 3.30. The number of anilines is 1. The number of hydrogen-bond acceptors (Lipinski definition) is 4. The van der Waals surface area contributed by atoms with E-state index in [1.807, 2.05) is 6.07 Å². The Morgan fingerprint density at radius 2 is 2.41 bits per heavy atom. The number of aliphatic hydroxyl groups is 1.